The van der Waals surface area contributed by atoms with Gasteiger partial charge in [-0.3, -0.25) is 4.79 Å². The molecule has 338 valence electrons. The van der Waals surface area contributed by atoms with Crippen molar-refractivity contribution < 1.29 is 119 Å². The van der Waals surface area contributed by atoms with Crippen LogP contribution in [0.15, 0.2) is 252 Å². The summed E-state index contributed by atoms with van der Waals surface area (Å²) in [5, 5.41) is 11.0. The molecule has 0 unspecified atom stereocenters. The monoisotopic (exact) mass is 1210 g/mol. The molecule has 11 aromatic rings. The number of rotatable bonds is 6. The van der Waals surface area contributed by atoms with Crippen LogP contribution in [-0.4, -0.2) is 11.0 Å². The molecule has 0 spiro atoms. The average molecular weight is 1220 g/mol. The van der Waals surface area contributed by atoms with Crippen LogP contribution < -0.4 is 108 Å². The van der Waals surface area contributed by atoms with Crippen LogP contribution in [0.3, 0.4) is 0 Å². The van der Waals surface area contributed by atoms with E-state index in [-0.39, 0.29) is 111 Å². The minimum atomic E-state index is -0.181. The van der Waals surface area contributed by atoms with Crippen molar-refractivity contribution in [1.82, 2.24) is 4.57 Å². The summed E-state index contributed by atoms with van der Waals surface area (Å²) in [6.45, 7) is -0.181. The fourth-order valence-electron chi connectivity index (χ4n) is 8.73. The van der Waals surface area contributed by atoms with Gasteiger partial charge in [-0.15, -0.1) is 0 Å². The quantitative estimate of drug-likeness (QED) is 0.0548. The van der Waals surface area contributed by atoms with Gasteiger partial charge >= 0.3 is 103 Å². The van der Waals surface area contributed by atoms with E-state index in [1.807, 2.05) is 0 Å². The molecular formula is C62H44Br2IK2NO3. The molecule has 0 radical (unpaired) electrons. The summed E-state index contributed by atoms with van der Waals surface area (Å²) in [4.78, 5) is 11.2. The normalized spacial score (nSPS) is 10.6. The van der Waals surface area contributed by atoms with Crippen molar-refractivity contribution in [1.29, 1.82) is 0 Å². The van der Waals surface area contributed by atoms with Crippen LogP contribution >= 0.6 is 54.5 Å². The van der Waals surface area contributed by atoms with Gasteiger partial charge in [-0.2, -0.15) is 0 Å². The van der Waals surface area contributed by atoms with Gasteiger partial charge < -0.3 is 16.1 Å². The van der Waals surface area contributed by atoms with E-state index in [2.05, 4.69) is 307 Å². The third kappa shape index (κ3) is 13.8. The molecule has 71 heavy (non-hydrogen) atoms. The predicted octanol–water partition coefficient (Wildman–Crippen LogP) is 11.1. The smallest absolute Gasteiger partial charge is 1.00 e. The molecule has 1 aliphatic rings. The van der Waals surface area contributed by atoms with E-state index in [4.69, 9.17) is 10.1 Å². The summed E-state index contributed by atoms with van der Waals surface area (Å²) < 4.78 is 5.85. The van der Waals surface area contributed by atoms with Crippen molar-refractivity contribution >= 4 is 82.7 Å². The second-order valence-electron chi connectivity index (χ2n) is 16.3. The Balaban J connectivity index is 0.000000181. The first-order valence-electron chi connectivity index (χ1n) is 22.3. The van der Waals surface area contributed by atoms with Crippen LogP contribution in [0.4, 0.5) is 0 Å². The van der Waals surface area contributed by atoms with Gasteiger partial charge in [0.1, 0.15) is 0 Å². The number of carbonyl (C=O) groups excluding carboxylic acids is 1. The van der Waals surface area contributed by atoms with E-state index in [0.29, 0.717) is 0 Å². The first kappa shape index (κ1) is 55.2. The second kappa shape index (κ2) is 27.1. The van der Waals surface area contributed by atoms with Gasteiger partial charge in [-0.1, -0.05) is 202 Å². The Bertz CT molecular complexity index is 3440. The van der Waals surface area contributed by atoms with Gasteiger partial charge in [0.05, 0.1) is 11.0 Å². The van der Waals surface area contributed by atoms with Crippen LogP contribution in [0.25, 0.3) is 83.1 Å². The summed E-state index contributed by atoms with van der Waals surface area (Å²) in [7, 11) is 0. The number of fused-ring (bicyclic) bond motifs is 6. The summed E-state index contributed by atoms with van der Waals surface area (Å²) in [6, 6.07) is 86.4. The average Bonchev–Trinajstić information content (AvgIpc) is 3.95. The van der Waals surface area contributed by atoms with Crippen LogP contribution in [0.1, 0.15) is 12.6 Å². The van der Waals surface area contributed by atoms with Crippen LogP contribution in [-0.2, 0) is 16.1 Å². The number of halogens is 3. The molecule has 9 heteroatoms. The zero-order valence-electron chi connectivity index (χ0n) is 40.2. The fourth-order valence-corrected chi connectivity index (χ4v) is 9.61. The molecule has 10 aromatic carbocycles. The molecule has 0 N–H and O–H groups in total. The molecular weight excluding hydrogens is 1170 g/mol. The Hall–Kier alpha value is -3.61. The van der Waals surface area contributed by atoms with Gasteiger partial charge in [0, 0.05) is 29.0 Å². The molecule has 1 aliphatic carbocycles. The predicted molar refractivity (Wildman–Crippen MR) is 300 cm³/mol. The Morgan fingerprint density at radius 3 is 1.41 bits per heavy atom. The number of carbonyl (C=O) groups is 1. The van der Waals surface area contributed by atoms with Gasteiger partial charge in [-0.05, 0) is 169 Å². The SMILES string of the molecule is Brc1ccc(-c2ccc(-n3c4ccccc4c4cc(-c5ccccc5)ccc43)cc2)cc1.Brc1ccc(-c2ccc(I)cc2)cc1.O=CO[O-].[H-].[K+].[K+].c1ccc(-c2ccc3c(c2)-c2ccccc2C3)cc1. The van der Waals surface area contributed by atoms with Gasteiger partial charge in [0.2, 0.25) is 0 Å². The summed E-state index contributed by atoms with van der Waals surface area (Å²) in [6.07, 6.45) is 1.07. The standard InChI is InChI=1S/C30H20BrN.C19H14.C12H8BrI.CH2O3.2K.H/c31-25-15-10-22(11-16-25)23-12-17-26(18-13-23)32-29-9-5-4-8-27(29)28-20-24(14-19-30(28)32)21-6-2-1-3-7-21;1-2-6-14(7-3-1)15-10-11-17-12-16-8-4-5-9-18(16)19(17)13-15;13-11-5-1-9(2-6-11)10-3-7-12(14)8-4-10;2-1-4-3;;;/h1-20H;1-11,13H,12H2;1-8H;1,3H;;;/q;;;;2*+1;-1/p-1. The molecule has 12 rings (SSSR count). The van der Waals surface area contributed by atoms with E-state index in [9.17, 15) is 0 Å². The van der Waals surface area contributed by atoms with E-state index >= 15 is 0 Å². The Morgan fingerprint density at radius 1 is 0.437 bits per heavy atom. The van der Waals surface area contributed by atoms with Gasteiger partial charge in [-0.25, -0.2) is 0 Å². The van der Waals surface area contributed by atoms with Crippen LogP contribution in [0, 0.1) is 3.57 Å². The molecule has 1 heterocycles. The number of hydrogen-bond acceptors (Lipinski definition) is 3. The van der Waals surface area contributed by atoms with Crippen molar-refractivity contribution in [3.8, 4) is 61.3 Å². The largest absolute Gasteiger partial charge is 1.00 e. The molecule has 1 aromatic heterocycles. The first-order valence-corrected chi connectivity index (χ1v) is 25.0. The maximum atomic E-state index is 8.64. The third-order valence-electron chi connectivity index (χ3n) is 12.0. The topological polar surface area (TPSA) is 54.3 Å². The van der Waals surface area contributed by atoms with E-state index in [1.54, 1.807) is 0 Å². The van der Waals surface area contributed by atoms with Gasteiger partial charge in [0.25, 0.3) is 6.47 Å². The molecule has 0 saturated heterocycles. The number of para-hydroxylation sites is 1. The summed E-state index contributed by atoms with van der Waals surface area (Å²) in [5.74, 6) is 0. The van der Waals surface area contributed by atoms with E-state index in [0.717, 1.165) is 15.4 Å². The Morgan fingerprint density at radius 2 is 0.845 bits per heavy atom. The molecule has 0 saturated carbocycles. The van der Waals surface area contributed by atoms with Crippen molar-refractivity contribution in [3.63, 3.8) is 0 Å². The minimum Gasteiger partial charge on any atom is -1.00 e. The maximum absolute atomic E-state index is 8.64. The Kier molecular flexibility index (Phi) is 21.0. The molecule has 0 fully saturated rings. The van der Waals surface area contributed by atoms with Crippen LogP contribution in [0.5, 0.6) is 0 Å². The molecule has 0 atom stereocenters. The number of benzene rings is 10. The van der Waals surface area contributed by atoms with Crippen LogP contribution in [0.2, 0.25) is 0 Å². The second-order valence-corrected chi connectivity index (χ2v) is 19.4. The third-order valence-corrected chi connectivity index (χ3v) is 13.8. The van der Waals surface area contributed by atoms with E-state index in [1.165, 1.54) is 97.8 Å². The fraction of sp³-hybridized carbons (Fsp3) is 0.0161. The van der Waals surface area contributed by atoms with Crippen molar-refractivity contribution in [2.75, 3.05) is 0 Å². The molecule has 0 bridgehead atoms. The Labute approximate surface area is 532 Å². The maximum Gasteiger partial charge on any atom is 1.00 e. The zero-order chi connectivity index (χ0) is 47.5. The summed E-state index contributed by atoms with van der Waals surface area (Å²) >= 11 is 9.26. The number of hydrogen-bond donors (Lipinski definition) is 0. The zero-order valence-corrected chi connectivity index (χ0v) is 50.8. The van der Waals surface area contributed by atoms with Crippen molar-refractivity contribution in [2.45, 2.75) is 6.42 Å². The minimum absolute atomic E-state index is 0. The molecule has 0 amide bonds. The summed E-state index contributed by atoms with van der Waals surface area (Å²) in [5.41, 5.74) is 19.3. The first-order chi connectivity index (χ1) is 33.9. The van der Waals surface area contributed by atoms with Crippen molar-refractivity contribution in [2.24, 2.45) is 0 Å². The van der Waals surface area contributed by atoms with Crippen molar-refractivity contribution in [3.05, 3.63) is 266 Å². The van der Waals surface area contributed by atoms with Gasteiger partial charge in [0.15, 0.2) is 0 Å². The van der Waals surface area contributed by atoms with E-state index < -0.39 is 0 Å². The molecule has 4 nitrogen and oxygen atoms in total. The number of aromatic nitrogens is 1. The number of nitrogens with zero attached hydrogens (tertiary/aromatic N) is 1. The molecule has 0 aliphatic heterocycles.